The van der Waals surface area contributed by atoms with Gasteiger partial charge in [0.1, 0.15) is 12.4 Å². The number of benzene rings is 3. The Hall–Kier alpha value is -2.62. The lowest BCUT2D eigenvalue weighted by Crippen LogP contribution is -2.41. The highest BCUT2D eigenvalue weighted by molar-refractivity contribution is 5.37. The Bertz CT molecular complexity index is 822. The summed E-state index contributed by atoms with van der Waals surface area (Å²) in [5.41, 5.74) is 1.57. The van der Waals surface area contributed by atoms with Gasteiger partial charge < -0.3 is 14.4 Å². The second-order valence-corrected chi connectivity index (χ2v) is 7.91. The molecule has 0 aromatic heterocycles. The summed E-state index contributed by atoms with van der Waals surface area (Å²) in [7, 11) is 0. The molecule has 3 aromatic rings. The fourth-order valence-corrected chi connectivity index (χ4v) is 4.19. The molecule has 0 radical (unpaired) electrons. The van der Waals surface area contributed by atoms with Crippen LogP contribution in [-0.4, -0.2) is 37.7 Å². The van der Waals surface area contributed by atoms with Gasteiger partial charge in [-0.1, -0.05) is 85.3 Å². The van der Waals surface area contributed by atoms with Crippen LogP contribution in [0.1, 0.15) is 30.4 Å². The lowest BCUT2D eigenvalue weighted by atomic mass is 9.86. The molecule has 156 valence electrons. The summed E-state index contributed by atoms with van der Waals surface area (Å²) >= 11 is 0. The predicted molar refractivity (Wildman–Crippen MR) is 122 cm³/mol. The molecule has 3 aromatic carbocycles. The monoisotopic (exact) mass is 401 g/mol. The first-order valence-electron chi connectivity index (χ1n) is 11.0. The van der Waals surface area contributed by atoms with Gasteiger partial charge in [-0.3, -0.25) is 0 Å². The molecular formula is C27H31NO2. The third-order valence-corrected chi connectivity index (χ3v) is 5.87. The zero-order valence-corrected chi connectivity index (χ0v) is 17.6. The average molecular weight is 402 g/mol. The quantitative estimate of drug-likeness (QED) is 0.472. The fraction of sp³-hybridized carbons (Fsp3) is 0.333. The molecule has 0 saturated carbocycles. The molecule has 0 spiro atoms. The van der Waals surface area contributed by atoms with Gasteiger partial charge in [0.25, 0.3) is 0 Å². The van der Waals surface area contributed by atoms with Crippen molar-refractivity contribution in [3.63, 3.8) is 0 Å². The zero-order chi connectivity index (χ0) is 20.5. The maximum atomic E-state index is 6.76. The lowest BCUT2D eigenvalue weighted by molar-refractivity contribution is -0.0561. The summed E-state index contributed by atoms with van der Waals surface area (Å²) in [4.78, 5) is 2.52. The highest BCUT2D eigenvalue weighted by Crippen LogP contribution is 2.35. The van der Waals surface area contributed by atoms with E-state index in [1.54, 1.807) is 0 Å². The summed E-state index contributed by atoms with van der Waals surface area (Å²) in [6.07, 6.45) is 3.93. The van der Waals surface area contributed by atoms with Gasteiger partial charge in [0, 0.05) is 6.54 Å². The molecule has 1 aliphatic rings. The van der Waals surface area contributed by atoms with Gasteiger partial charge in [0.05, 0.1) is 6.61 Å². The Morgan fingerprint density at radius 2 is 1.20 bits per heavy atom. The first kappa shape index (κ1) is 20.6. The van der Waals surface area contributed by atoms with Crippen LogP contribution in [0.2, 0.25) is 0 Å². The summed E-state index contributed by atoms with van der Waals surface area (Å²) in [5.74, 6) is 0.855. The van der Waals surface area contributed by atoms with Crippen LogP contribution in [-0.2, 0) is 10.3 Å². The van der Waals surface area contributed by atoms with E-state index < -0.39 is 5.60 Å². The van der Waals surface area contributed by atoms with Crippen LogP contribution in [0.3, 0.4) is 0 Å². The van der Waals surface area contributed by atoms with Crippen LogP contribution in [0.5, 0.6) is 5.75 Å². The fourth-order valence-electron chi connectivity index (χ4n) is 4.19. The molecule has 1 aliphatic heterocycles. The number of hydrogen-bond donors (Lipinski definition) is 0. The van der Waals surface area contributed by atoms with E-state index in [1.807, 2.05) is 42.5 Å². The van der Waals surface area contributed by atoms with Crippen molar-refractivity contribution >= 4 is 0 Å². The van der Waals surface area contributed by atoms with Gasteiger partial charge in [0.15, 0.2) is 5.60 Å². The normalized spacial score (nSPS) is 15.1. The highest BCUT2D eigenvalue weighted by atomic mass is 16.5. The van der Waals surface area contributed by atoms with E-state index in [1.165, 1.54) is 32.4 Å². The van der Waals surface area contributed by atoms with Crippen LogP contribution in [0.4, 0.5) is 0 Å². The van der Waals surface area contributed by atoms with Crippen molar-refractivity contribution in [3.05, 3.63) is 102 Å². The van der Waals surface area contributed by atoms with Crippen LogP contribution >= 0.6 is 0 Å². The van der Waals surface area contributed by atoms with Gasteiger partial charge in [-0.2, -0.15) is 0 Å². The van der Waals surface area contributed by atoms with Gasteiger partial charge in [-0.25, -0.2) is 0 Å². The Kier molecular flexibility index (Phi) is 7.17. The van der Waals surface area contributed by atoms with Crippen molar-refractivity contribution in [3.8, 4) is 5.75 Å². The summed E-state index contributed by atoms with van der Waals surface area (Å²) in [5, 5.41) is 0. The van der Waals surface area contributed by atoms with E-state index in [0.29, 0.717) is 13.2 Å². The van der Waals surface area contributed by atoms with E-state index in [9.17, 15) is 0 Å². The summed E-state index contributed by atoms with van der Waals surface area (Å²) in [6, 6.07) is 30.9. The van der Waals surface area contributed by atoms with Gasteiger partial charge in [-0.05, 0) is 49.2 Å². The second-order valence-electron chi connectivity index (χ2n) is 7.91. The van der Waals surface area contributed by atoms with Crippen molar-refractivity contribution in [2.45, 2.75) is 24.9 Å². The van der Waals surface area contributed by atoms with E-state index in [-0.39, 0.29) is 0 Å². The molecule has 30 heavy (non-hydrogen) atoms. The predicted octanol–water partition coefficient (Wildman–Crippen LogP) is 5.51. The van der Waals surface area contributed by atoms with Gasteiger partial charge in [0.2, 0.25) is 0 Å². The molecule has 0 bridgehead atoms. The minimum Gasteiger partial charge on any atom is -0.490 e. The summed E-state index contributed by atoms with van der Waals surface area (Å²) < 4.78 is 13.0. The van der Waals surface area contributed by atoms with Crippen molar-refractivity contribution in [1.82, 2.24) is 4.90 Å². The molecule has 1 saturated heterocycles. The maximum absolute atomic E-state index is 6.76. The minimum absolute atomic E-state index is 0.422. The third-order valence-electron chi connectivity index (χ3n) is 5.87. The number of piperidine rings is 1. The molecule has 0 aliphatic carbocycles. The first-order chi connectivity index (χ1) is 14.9. The second kappa shape index (κ2) is 10.4. The number of hydrogen-bond acceptors (Lipinski definition) is 3. The van der Waals surface area contributed by atoms with E-state index in [4.69, 9.17) is 9.47 Å². The molecular weight excluding hydrogens is 370 g/mol. The van der Waals surface area contributed by atoms with Crippen LogP contribution in [0.25, 0.3) is 0 Å². The molecule has 0 N–H and O–H groups in total. The number of nitrogens with zero attached hydrogens (tertiary/aromatic N) is 1. The Morgan fingerprint density at radius 3 is 1.77 bits per heavy atom. The van der Waals surface area contributed by atoms with Crippen LogP contribution in [0, 0.1) is 0 Å². The smallest absolute Gasteiger partial charge is 0.152 e. The standard InChI is InChI=1S/C27H31NO2/c1-5-13-24(14-6-1)27(25-15-7-2-8-16-25,23-29-26-17-9-3-10-18-26)30-22-21-28-19-11-4-12-20-28/h1-3,5-10,13-18H,4,11-12,19-23H2. The minimum atomic E-state index is -0.659. The average Bonchev–Trinajstić information content (AvgIpc) is 2.84. The number of para-hydroxylation sites is 1. The molecule has 3 nitrogen and oxygen atoms in total. The van der Waals surface area contributed by atoms with E-state index in [0.717, 1.165) is 23.4 Å². The Balaban J connectivity index is 1.61. The maximum Gasteiger partial charge on any atom is 0.152 e. The largest absolute Gasteiger partial charge is 0.490 e. The van der Waals surface area contributed by atoms with Crippen molar-refractivity contribution in [2.75, 3.05) is 32.8 Å². The third kappa shape index (κ3) is 5.10. The van der Waals surface area contributed by atoms with Crippen LogP contribution in [0.15, 0.2) is 91.0 Å². The van der Waals surface area contributed by atoms with E-state index in [2.05, 4.69) is 53.4 Å². The lowest BCUT2D eigenvalue weighted by Gasteiger charge is -2.36. The van der Waals surface area contributed by atoms with Crippen LogP contribution < -0.4 is 4.74 Å². The molecule has 0 amide bonds. The molecule has 1 heterocycles. The summed E-state index contributed by atoms with van der Waals surface area (Å²) in [6.45, 7) is 4.39. The SMILES string of the molecule is c1ccc(OCC(OCCN2CCCCC2)(c2ccccc2)c2ccccc2)cc1. The Morgan fingerprint density at radius 1 is 0.667 bits per heavy atom. The molecule has 0 unspecified atom stereocenters. The number of likely N-dealkylation sites (tertiary alicyclic amines) is 1. The van der Waals surface area contributed by atoms with Crippen molar-refractivity contribution < 1.29 is 9.47 Å². The van der Waals surface area contributed by atoms with Crippen molar-refractivity contribution in [1.29, 1.82) is 0 Å². The molecule has 0 atom stereocenters. The Labute approximate surface area is 180 Å². The molecule has 4 rings (SSSR count). The topological polar surface area (TPSA) is 21.7 Å². The highest BCUT2D eigenvalue weighted by Gasteiger charge is 2.36. The molecule has 1 fully saturated rings. The van der Waals surface area contributed by atoms with Crippen molar-refractivity contribution in [2.24, 2.45) is 0 Å². The first-order valence-corrected chi connectivity index (χ1v) is 11.0. The molecule has 3 heteroatoms. The van der Waals surface area contributed by atoms with Gasteiger partial charge >= 0.3 is 0 Å². The van der Waals surface area contributed by atoms with E-state index >= 15 is 0 Å². The number of ether oxygens (including phenoxy) is 2. The van der Waals surface area contributed by atoms with Gasteiger partial charge in [-0.15, -0.1) is 0 Å². The number of rotatable bonds is 9. The zero-order valence-electron chi connectivity index (χ0n) is 17.6.